The normalized spacial score (nSPS) is 11.4. The van der Waals surface area contributed by atoms with Gasteiger partial charge in [-0.3, -0.25) is 0 Å². The van der Waals surface area contributed by atoms with E-state index < -0.39 is 15.8 Å². The van der Waals surface area contributed by atoms with Gasteiger partial charge in [-0.25, -0.2) is 17.5 Å². The highest BCUT2D eigenvalue weighted by Crippen LogP contribution is 2.17. The van der Waals surface area contributed by atoms with Crippen molar-refractivity contribution in [3.8, 4) is 5.75 Å². The minimum atomic E-state index is -3.34. The molecule has 2 aromatic rings. The van der Waals surface area contributed by atoms with Crippen LogP contribution in [0.3, 0.4) is 0 Å². The summed E-state index contributed by atoms with van der Waals surface area (Å²) >= 11 is 0. The lowest BCUT2D eigenvalue weighted by Gasteiger charge is -2.08. The second-order valence-corrected chi connectivity index (χ2v) is 7.09. The van der Waals surface area contributed by atoms with Gasteiger partial charge in [-0.1, -0.05) is 36.4 Å². The highest BCUT2D eigenvalue weighted by Gasteiger charge is 2.10. The summed E-state index contributed by atoms with van der Waals surface area (Å²) in [4.78, 5) is 0. The molecule has 0 spiro atoms. The molecule has 0 unspecified atom stereocenters. The number of sulfonamides is 1. The molecule has 0 bridgehead atoms. The van der Waals surface area contributed by atoms with Crippen LogP contribution in [0.2, 0.25) is 0 Å². The Morgan fingerprint density at radius 2 is 1.78 bits per heavy atom. The number of ether oxygens (including phenoxy) is 1. The van der Waals surface area contributed by atoms with E-state index in [0.717, 1.165) is 5.56 Å². The Bertz CT molecular complexity index is 733. The van der Waals surface area contributed by atoms with Crippen molar-refractivity contribution in [3.63, 3.8) is 0 Å². The molecule has 0 saturated carbocycles. The van der Waals surface area contributed by atoms with Gasteiger partial charge in [0.2, 0.25) is 10.0 Å². The van der Waals surface area contributed by atoms with Crippen molar-refractivity contribution in [3.05, 3.63) is 65.5 Å². The van der Waals surface area contributed by atoms with Gasteiger partial charge in [-0.05, 0) is 36.1 Å². The predicted octanol–water partition coefficient (Wildman–Crippen LogP) is 2.54. The summed E-state index contributed by atoms with van der Waals surface area (Å²) in [6.45, 7) is 0.239. The highest BCUT2D eigenvalue weighted by molar-refractivity contribution is 7.89. The van der Waals surface area contributed by atoms with Crippen molar-refractivity contribution in [2.24, 2.45) is 0 Å². The van der Waals surface area contributed by atoms with Gasteiger partial charge < -0.3 is 4.74 Å². The lowest BCUT2D eigenvalue weighted by atomic mass is 10.1. The second kappa shape index (κ2) is 8.08. The van der Waals surface area contributed by atoms with Crippen LogP contribution in [0.5, 0.6) is 5.75 Å². The van der Waals surface area contributed by atoms with E-state index in [4.69, 9.17) is 4.74 Å². The quantitative estimate of drug-likeness (QED) is 0.805. The van der Waals surface area contributed by atoms with E-state index in [-0.39, 0.29) is 18.0 Å². The second-order valence-electron chi connectivity index (χ2n) is 5.17. The molecule has 0 atom stereocenters. The fourth-order valence-electron chi connectivity index (χ4n) is 2.19. The van der Waals surface area contributed by atoms with Crippen LogP contribution in [0.1, 0.15) is 11.1 Å². The summed E-state index contributed by atoms with van der Waals surface area (Å²) in [5, 5.41) is 0. The Labute approximate surface area is 136 Å². The Morgan fingerprint density at radius 3 is 2.43 bits per heavy atom. The lowest BCUT2D eigenvalue weighted by molar-refractivity contribution is 0.386. The maximum Gasteiger partial charge on any atom is 0.211 e. The average Bonchev–Trinajstić information content (AvgIpc) is 2.54. The third kappa shape index (κ3) is 5.65. The smallest absolute Gasteiger partial charge is 0.211 e. The molecule has 0 amide bonds. The van der Waals surface area contributed by atoms with Gasteiger partial charge in [0.15, 0.2) is 11.6 Å². The number of hydrogen-bond acceptors (Lipinski definition) is 3. The molecule has 4 nitrogen and oxygen atoms in total. The van der Waals surface area contributed by atoms with Crippen molar-refractivity contribution in [1.82, 2.24) is 4.72 Å². The Balaban J connectivity index is 1.81. The zero-order valence-electron chi connectivity index (χ0n) is 13.0. The molecule has 124 valence electrons. The van der Waals surface area contributed by atoms with Crippen LogP contribution in [0.15, 0.2) is 48.5 Å². The van der Waals surface area contributed by atoms with Crippen LogP contribution in [-0.2, 0) is 22.9 Å². The van der Waals surface area contributed by atoms with Crippen LogP contribution < -0.4 is 9.46 Å². The Kier molecular flexibility index (Phi) is 6.12. The van der Waals surface area contributed by atoms with Crippen LogP contribution in [-0.4, -0.2) is 27.8 Å². The molecule has 0 aromatic heterocycles. The Morgan fingerprint density at radius 1 is 1.04 bits per heavy atom. The summed E-state index contributed by atoms with van der Waals surface area (Å²) in [6.07, 6.45) is 0.888. The Hall–Kier alpha value is -1.92. The van der Waals surface area contributed by atoms with Gasteiger partial charge in [0.1, 0.15) is 0 Å². The lowest BCUT2D eigenvalue weighted by Crippen LogP contribution is -2.29. The first-order chi connectivity index (χ1) is 11.0. The SMILES string of the molecule is COc1ccc(CCNS(=O)(=O)CCc2ccccc2)cc1F. The summed E-state index contributed by atoms with van der Waals surface area (Å²) in [7, 11) is -1.94. The van der Waals surface area contributed by atoms with E-state index in [1.165, 1.54) is 19.2 Å². The topological polar surface area (TPSA) is 55.4 Å². The zero-order valence-corrected chi connectivity index (χ0v) is 13.8. The molecular formula is C17H20FNO3S. The predicted molar refractivity (Wildman–Crippen MR) is 88.6 cm³/mol. The first-order valence-corrected chi connectivity index (χ1v) is 8.99. The zero-order chi connectivity index (χ0) is 16.7. The average molecular weight is 337 g/mol. The number of hydrogen-bond donors (Lipinski definition) is 1. The van der Waals surface area contributed by atoms with Crippen molar-refractivity contribution < 1.29 is 17.5 Å². The largest absolute Gasteiger partial charge is 0.494 e. The van der Waals surface area contributed by atoms with Crippen LogP contribution in [0.4, 0.5) is 4.39 Å². The molecule has 0 heterocycles. The minimum Gasteiger partial charge on any atom is -0.494 e. The molecular weight excluding hydrogens is 317 g/mol. The number of halogens is 1. The van der Waals surface area contributed by atoms with Gasteiger partial charge in [-0.15, -0.1) is 0 Å². The third-order valence-corrected chi connectivity index (χ3v) is 4.84. The van der Waals surface area contributed by atoms with Crippen LogP contribution in [0, 0.1) is 5.82 Å². The van der Waals surface area contributed by atoms with Crippen LogP contribution in [0.25, 0.3) is 0 Å². The molecule has 23 heavy (non-hydrogen) atoms. The number of methoxy groups -OCH3 is 1. The maximum atomic E-state index is 13.6. The maximum absolute atomic E-state index is 13.6. The van der Waals surface area contributed by atoms with E-state index in [9.17, 15) is 12.8 Å². The standard InChI is InChI=1S/C17H20FNO3S/c1-22-17-8-7-15(13-16(17)18)9-11-19-23(20,21)12-10-14-5-3-2-4-6-14/h2-8,13,19H,9-12H2,1H3. The van der Waals surface area contributed by atoms with Crippen LogP contribution >= 0.6 is 0 Å². The fourth-order valence-corrected chi connectivity index (χ4v) is 3.25. The molecule has 0 aliphatic carbocycles. The van der Waals surface area contributed by atoms with E-state index in [1.54, 1.807) is 6.07 Å². The number of benzene rings is 2. The molecule has 2 aromatic carbocycles. The van der Waals surface area contributed by atoms with Crippen molar-refractivity contribution in [2.45, 2.75) is 12.8 Å². The summed E-state index contributed by atoms with van der Waals surface area (Å²) in [5.74, 6) is -0.234. The number of aryl methyl sites for hydroxylation is 1. The molecule has 0 aliphatic heterocycles. The molecule has 0 fully saturated rings. The summed E-state index contributed by atoms with van der Waals surface area (Å²) in [6, 6.07) is 14.1. The summed E-state index contributed by atoms with van der Waals surface area (Å²) in [5.41, 5.74) is 1.70. The van der Waals surface area contributed by atoms with Gasteiger partial charge in [0.05, 0.1) is 12.9 Å². The van der Waals surface area contributed by atoms with Crippen molar-refractivity contribution in [2.75, 3.05) is 19.4 Å². The fraction of sp³-hybridized carbons (Fsp3) is 0.294. The molecule has 0 saturated heterocycles. The van der Waals surface area contributed by atoms with Gasteiger partial charge in [-0.2, -0.15) is 0 Å². The molecule has 1 N–H and O–H groups in total. The monoisotopic (exact) mass is 337 g/mol. The van der Waals surface area contributed by atoms with E-state index in [1.807, 2.05) is 30.3 Å². The summed E-state index contributed by atoms with van der Waals surface area (Å²) < 4.78 is 44.9. The number of rotatable bonds is 8. The number of nitrogens with one attached hydrogen (secondary N) is 1. The molecule has 0 aliphatic rings. The van der Waals surface area contributed by atoms with Gasteiger partial charge >= 0.3 is 0 Å². The van der Waals surface area contributed by atoms with E-state index in [2.05, 4.69) is 4.72 Å². The highest BCUT2D eigenvalue weighted by atomic mass is 32.2. The van der Waals surface area contributed by atoms with Gasteiger partial charge in [0, 0.05) is 6.54 Å². The van der Waals surface area contributed by atoms with E-state index in [0.29, 0.717) is 18.4 Å². The first kappa shape index (κ1) is 17.4. The molecule has 0 radical (unpaired) electrons. The van der Waals surface area contributed by atoms with E-state index >= 15 is 0 Å². The van der Waals surface area contributed by atoms with Crippen molar-refractivity contribution >= 4 is 10.0 Å². The molecule has 6 heteroatoms. The van der Waals surface area contributed by atoms with Crippen molar-refractivity contribution in [1.29, 1.82) is 0 Å². The molecule has 2 rings (SSSR count). The third-order valence-electron chi connectivity index (χ3n) is 3.45. The van der Waals surface area contributed by atoms with Gasteiger partial charge in [0.25, 0.3) is 0 Å². The minimum absolute atomic E-state index is 0.0357. The first-order valence-electron chi connectivity index (χ1n) is 7.34.